The second-order valence-electron chi connectivity index (χ2n) is 3.10. The van der Waals surface area contributed by atoms with Crippen LogP contribution in [0.15, 0.2) is 35.7 Å². The zero-order chi connectivity index (χ0) is 11.9. The van der Waals surface area contributed by atoms with Crippen molar-refractivity contribution in [1.29, 1.82) is 5.26 Å². The highest BCUT2D eigenvalue weighted by Gasteiger charge is 2.02. The first-order valence-corrected chi connectivity index (χ1v) is 5.99. The van der Waals surface area contributed by atoms with Gasteiger partial charge in [0.05, 0.1) is 12.2 Å². The lowest BCUT2D eigenvalue weighted by Crippen LogP contribution is -2.01. The summed E-state index contributed by atoms with van der Waals surface area (Å²) in [5.41, 5.74) is 0.553. The number of nitrogens with one attached hydrogen (secondary N) is 1. The summed E-state index contributed by atoms with van der Waals surface area (Å²) in [6, 6.07) is 9.28. The SMILES string of the molecule is N#Cc1ccccc1OCCSc1ncn[nH]1. The van der Waals surface area contributed by atoms with Crippen molar-refractivity contribution in [2.45, 2.75) is 5.16 Å². The highest BCUT2D eigenvalue weighted by Crippen LogP contribution is 2.17. The summed E-state index contributed by atoms with van der Waals surface area (Å²) in [7, 11) is 0. The summed E-state index contributed by atoms with van der Waals surface area (Å²) in [5, 5.41) is 16.1. The third-order valence-corrected chi connectivity index (χ3v) is 2.82. The monoisotopic (exact) mass is 246 g/mol. The van der Waals surface area contributed by atoms with Gasteiger partial charge < -0.3 is 4.74 Å². The van der Waals surface area contributed by atoms with Gasteiger partial charge in [-0.15, -0.1) is 0 Å². The van der Waals surface area contributed by atoms with Crippen molar-refractivity contribution in [2.75, 3.05) is 12.4 Å². The number of H-pyrrole nitrogens is 1. The molecule has 0 bridgehead atoms. The van der Waals surface area contributed by atoms with E-state index in [1.807, 2.05) is 12.1 Å². The van der Waals surface area contributed by atoms with Gasteiger partial charge in [-0.05, 0) is 12.1 Å². The normalized spacial score (nSPS) is 9.82. The lowest BCUT2D eigenvalue weighted by Gasteiger charge is -2.06. The lowest BCUT2D eigenvalue weighted by atomic mass is 10.2. The Hall–Kier alpha value is -2.00. The van der Waals surface area contributed by atoms with Gasteiger partial charge in [0.2, 0.25) is 0 Å². The van der Waals surface area contributed by atoms with Crippen molar-refractivity contribution >= 4 is 11.8 Å². The molecule has 0 amide bonds. The average molecular weight is 246 g/mol. The molecular weight excluding hydrogens is 236 g/mol. The van der Waals surface area contributed by atoms with E-state index in [2.05, 4.69) is 21.3 Å². The molecule has 0 saturated carbocycles. The van der Waals surface area contributed by atoms with E-state index in [1.165, 1.54) is 18.1 Å². The maximum Gasteiger partial charge on any atom is 0.183 e. The maximum absolute atomic E-state index is 8.87. The number of ether oxygens (including phenoxy) is 1. The van der Waals surface area contributed by atoms with E-state index in [0.717, 1.165) is 10.9 Å². The molecule has 0 radical (unpaired) electrons. The Morgan fingerprint density at radius 2 is 2.29 bits per heavy atom. The molecule has 1 aromatic heterocycles. The van der Waals surface area contributed by atoms with E-state index in [9.17, 15) is 0 Å². The third-order valence-electron chi connectivity index (χ3n) is 1.98. The fourth-order valence-corrected chi connectivity index (χ4v) is 1.84. The van der Waals surface area contributed by atoms with Crippen LogP contribution in [0.5, 0.6) is 5.75 Å². The first kappa shape index (κ1) is 11.5. The van der Waals surface area contributed by atoms with Crippen LogP contribution < -0.4 is 4.74 Å². The molecule has 0 fully saturated rings. The molecule has 0 unspecified atom stereocenters. The second kappa shape index (κ2) is 5.92. The molecule has 2 aromatic rings. The van der Waals surface area contributed by atoms with Crippen molar-refractivity contribution in [3.8, 4) is 11.8 Å². The van der Waals surface area contributed by atoms with Gasteiger partial charge in [0.15, 0.2) is 5.16 Å². The van der Waals surface area contributed by atoms with Crippen LogP contribution >= 0.6 is 11.8 Å². The molecule has 86 valence electrons. The molecule has 5 nitrogen and oxygen atoms in total. The highest BCUT2D eigenvalue weighted by molar-refractivity contribution is 7.99. The van der Waals surface area contributed by atoms with Crippen molar-refractivity contribution in [3.63, 3.8) is 0 Å². The summed E-state index contributed by atoms with van der Waals surface area (Å²) in [5.74, 6) is 1.36. The van der Waals surface area contributed by atoms with Crippen LogP contribution in [0.3, 0.4) is 0 Å². The molecule has 0 aliphatic rings. The number of hydrogen-bond donors (Lipinski definition) is 1. The molecule has 0 aliphatic heterocycles. The molecule has 6 heteroatoms. The van der Waals surface area contributed by atoms with E-state index in [4.69, 9.17) is 10.00 Å². The first-order chi connectivity index (χ1) is 8.40. The van der Waals surface area contributed by atoms with Crippen molar-refractivity contribution in [1.82, 2.24) is 15.2 Å². The standard InChI is InChI=1S/C11H10N4OS/c12-7-9-3-1-2-4-10(9)16-5-6-17-11-13-8-14-15-11/h1-4,8H,5-6H2,(H,13,14,15). The van der Waals surface area contributed by atoms with Crippen molar-refractivity contribution in [2.24, 2.45) is 0 Å². The van der Waals surface area contributed by atoms with Gasteiger partial charge in [-0.2, -0.15) is 10.4 Å². The molecule has 17 heavy (non-hydrogen) atoms. The molecule has 0 spiro atoms. The topological polar surface area (TPSA) is 74.6 Å². The Bertz CT molecular complexity index is 506. The van der Waals surface area contributed by atoms with Crippen LogP contribution in [0, 0.1) is 11.3 Å². The molecule has 1 N–H and O–H groups in total. The minimum Gasteiger partial charge on any atom is -0.491 e. The largest absolute Gasteiger partial charge is 0.491 e. The molecule has 2 rings (SSSR count). The molecule has 0 atom stereocenters. The number of benzene rings is 1. The number of thioether (sulfide) groups is 1. The number of hydrogen-bond acceptors (Lipinski definition) is 5. The summed E-state index contributed by atoms with van der Waals surface area (Å²) < 4.78 is 5.52. The summed E-state index contributed by atoms with van der Waals surface area (Å²) in [4.78, 5) is 3.98. The molecule has 1 heterocycles. The number of nitriles is 1. The van der Waals surface area contributed by atoms with Crippen LogP contribution in [0.4, 0.5) is 0 Å². The Labute approximate surface area is 103 Å². The van der Waals surface area contributed by atoms with E-state index in [-0.39, 0.29) is 0 Å². The Balaban J connectivity index is 1.80. The van der Waals surface area contributed by atoms with Crippen molar-refractivity contribution in [3.05, 3.63) is 36.2 Å². The van der Waals surface area contributed by atoms with Gasteiger partial charge in [-0.25, -0.2) is 4.98 Å². The van der Waals surface area contributed by atoms with Gasteiger partial charge in [-0.1, -0.05) is 23.9 Å². The molecule has 0 saturated heterocycles. The summed E-state index contributed by atoms with van der Waals surface area (Å²) in [6.45, 7) is 0.518. The van der Waals surface area contributed by atoms with Gasteiger partial charge in [0.1, 0.15) is 18.1 Å². The Morgan fingerprint density at radius 1 is 1.41 bits per heavy atom. The van der Waals surface area contributed by atoms with Crippen LogP contribution in [0.1, 0.15) is 5.56 Å². The molecular formula is C11H10N4OS. The third kappa shape index (κ3) is 3.23. The summed E-state index contributed by atoms with van der Waals surface area (Å²) >= 11 is 1.52. The lowest BCUT2D eigenvalue weighted by molar-refractivity contribution is 0.343. The fourth-order valence-electron chi connectivity index (χ4n) is 1.24. The molecule has 0 aliphatic carbocycles. The van der Waals surface area contributed by atoms with Gasteiger partial charge in [0.25, 0.3) is 0 Å². The predicted octanol–water partition coefficient (Wildman–Crippen LogP) is 1.85. The van der Waals surface area contributed by atoms with Crippen LogP contribution in [-0.2, 0) is 0 Å². The second-order valence-corrected chi connectivity index (χ2v) is 4.18. The quantitative estimate of drug-likeness (QED) is 0.643. The predicted molar refractivity (Wildman–Crippen MR) is 63.8 cm³/mol. The van der Waals surface area contributed by atoms with E-state index < -0.39 is 0 Å². The maximum atomic E-state index is 8.87. The number of para-hydroxylation sites is 1. The number of nitrogens with zero attached hydrogens (tertiary/aromatic N) is 3. The van der Waals surface area contributed by atoms with Crippen LogP contribution in [0.2, 0.25) is 0 Å². The Morgan fingerprint density at radius 3 is 3.06 bits per heavy atom. The van der Waals surface area contributed by atoms with E-state index in [0.29, 0.717) is 17.9 Å². The van der Waals surface area contributed by atoms with Crippen molar-refractivity contribution < 1.29 is 4.74 Å². The minimum absolute atomic E-state index is 0.518. The average Bonchev–Trinajstić information content (AvgIpc) is 2.88. The number of rotatable bonds is 5. The summed E-state index contributed by atoms with van der Waals surface area (Å²) in [6.07, 6.45) is 1.47. The number of aromatic amines is 1. The fraction of sp³-hybridized carbons (Fsp3) is 0.182. The van der Waals surface area contributed by atoms with Gasteiger partial charge in [-0.3, -0.25) is 5.10 Å². The smallest absolute Gasteiger partial charge is 0.183 e. The van der Waals surface area contributed by atoms with Gasteiger partial charge >= 0.3 is 0 Å². The van der Waals surface area contributed by atoms with Gasteiger partial charge in [0, 0.05) is 5.75 Å². The van der Waals surface area contributed by atoms with E-state index in [1.54, 1.807) is 12.1 Å². The highest BCUT2D eigenvalue weighted by atomic mass is 32.2. The van der Waals surface area contributed by atoms with Crippen LogP contribution in [-0.4, -0.2) is 27.5 Å². The number of aromatic nitrogens is 3. The van der Waals surface area contributed by atoms with E-state index >= 15 is 0 Å². The minimum atomic E-state index is 0.518. The zero-order valence-electron chi connectivity index (χ0n) is 8.96. The zero-order valence-corrected chi connectivity index (χ0v) is 9.78. The Kier molecular flexibility index (Phi) is 4.00. The molecule has 1 aromatic carbocycles. The van der Waals surface area contributed by atoms with Crippen LogP contribution in [0.25, 0.3) is 0 Å². The first-order valence-electron chi connectivity index (χ1n) is 5.00.